The highest BCUT2D eigenvalue weighted by atomic mass is 35.5. The molecule has 4 atom stereocenters. The van der Waals surface area contributed by atoms with E-state index in [1.807, 2.05) is 49.4 Å². The van der Waals surface area contributed by atoms with Gasteiger partial charge in [-0.3, -0.25) is 14.1 Å². The van der Waals surface area contributed by atoms with E-state index in [4.69, 9.17) is 17.3 Å². The molecule has 1 saturated heterocycles. The number of nitriles is 1. The number of halogens is 1. The second-order valence-electron chi connectivity index (χ2n) is 7.93. The van der Waals surface area contributed by atoms with Crippen molar-refractivity contribution in [1.82, 2.24) is 5.32 Å². The second kappa shape index (κ2) is 8.02. The van der Waals surface area contributed by atoms with E-state index in [-0.39, 0.29) is 29.3 Å². The molecule has 0 bridgehead atoms. The number of primary amides is 1. The van der Waals surface area contributed by atoms with Crippen LogP contribution < -0.4 is 11.1 Å². The van der Waals surface area contributed by atoms with Crippen LogP contribution in [0.5, 0.6) is 0 Å². The summed E-state index contributed by atoms with van der Waals surface area (Å²) in [7, 11) is 1.54. The minimum absolute atomic E-state index is 0.00803. The standard InChI is InChI=1S/C22H25ClN4O2/c1-15-12-18(20(25)28)27(14-15,11-10-24)19-13-17(16-6-4-3-5-7-16)8-9-22(19,23)21(29)26-2/h3-8,13,15,18H,9,11-12,14H2,1-2H3,(H2-,25,26,28,29)/p+1/t15?,18-,22?,27?/m0/s1. The fourth-order valence-corrected chi connectivity index (χ4v) is 5.14. The molecule has 3 N–H and O–H groups in total. The Labute approximate surface area is 176 Å². The summed E-state index contributed by atoms with van der Waals surface area (Å²) >= 11 is 6.97. The summed E-state index contributed by atoms with van der Waals surface area (Å²) < 4.78 is 0.00803. The lowest BCUT2D eigenvalue weighted by molar-refractivity contribution is -0.891. The summed E-state index contributed by atoms with van der Waals surface area (Å²) in [4.78, 5) is 23.9. The number of hydrogen-bond donors (Lipinski definition) is 2. The van der Waals surface area contributed by atoms with Crippen LogP contribution in [-0.2, 0) is 9.59 Å². The van der Waals surface area contributed by atoms with Gasteiger partial charge in [0, 0.05) is 31.9 Å². The van der Waals surface area contributed by atoms with E-state index in [1.165, 1.54) is 7.05 Å². The molecular weight excluding hydrogens is 388 g/mol. The van der Waals surface area contributed by atoms with Crippen LogP contribution >= 0.6 is 11.6 Å². The maximum absolute atomic E-state index is 12.9. The maximum atomic E-state index is 12.9. The second-order valence-corrected chi connectivity index (χ2v) is 8.58. The van der Waals surface area contributed by atoms with Crippen LogP contribution in [0.1, 0.15) is 25.3 Å². The summed E-state index contributed by atoms with van der Waals surface area (Å²) in [6.45, 7) is 2.58. The van der Waals surface area contributed by atoms with Gasteiger partial charge in [0.05, 0.1) is 6.54 Å². The zero-order valence-corrected chi connectivity index (χ0v) is 17.4. The highest BCUT2D eigenvalue weighted by molar-refractivity contribution is 6.37. The van der Waals surface area contributed by atoms with Crippen LogP contribution in [0.2, 0.25) is 0 Å². The Morgan fingerprint density at radius 1 is 1.38 bits per heavy atom. The molecule has 1 aromatic carbocycles. The van der Waals surface area contributed by atoms with Crippen molar-refractivity contribution < 1.29 is 14.1 Å². The number of carbonyl (C=O) groups excluding carboxylic acids is 2. The Kier molecular flexibility index (Phi) is 5.83. The van der Waals surface area contributed by atoms with E-state index < -0.39 is 16.8 Å². The number of alkyl halides is 1. The van der Waals surface area contributed by atoms with Gasteiger partial charge >= 0.3 is 0 Å². The van der Waals surface area contributed by atoms with Crippen molar-refractivity contribution in [2.75, 3.05) is 20.1 Å². The Bertz CT molecular complexity index is 920. The monoisotopic (exact) mass is 413 g/mol. The van der Waals surface area contributed by atoms with Crippen molar-refractivity contribution in [1.29, 1.82) is 5.26 Å². The molecule has 0 aromatic heterocycles. The summed E-state index contributed by atoms with van der Waals surface area (Å²) in [6, 6.07) is 11.4. The van der Waals surface area contributed by atoms with Crippen LogP contribution in [0.4, 0.5) is 0 Å². The first-order valence-corrected chi connectivity index (χ1v) is 10.1. The largest absolute Gasteiger partial charge is 0.364 e. The summed E-state index contributed by atoms with van der Waals surface area (Å²) in [5.41, 5.74) is 8.23. The number of nitrogens with one attached hydrogen (secondary N) is 1. The lowest BCUT2D eigenvalue weighted by Gasteiger charge is -2.44. The molecule has 7 heteroatoms. The van der Waals surface area contributed by atoms with E-state index in [9.17, 15) is 14.9 Å². The van der Waals surface area contributed by atoms with Crippen molar-refractivity contribution in [3.05, 3.63) is 53.7 Å². The van der Waals surface area contributed by atoms with Gasteiger partial charge in [0.15, 0.2) is 17.5 Å². The lowest BCUT2D eigenvalue weighted by Crippen LogP contribution is -2.62. The van der Waals surface area contributed by atoms with E-state index in [0.717, 1.165) is 11.1 Å². The van der Waals surface area contributed by atoms with Crippen molar-refractivity contribution >= 4 is 29.0 Å². The lowest BCUT2D eigenvalue weighted by atomic mass is 9.86. The fourth-order valence-electron chi connectivity index (χ4n) is 4.75. The zero-order valence-electron chi connectivity index (χ0n) is 16.7. The van der Waals surface area contributed by atoms with Crippen LogP contribution in [-0.4, -0.2) is 47.4 Å². The third-order valence-corrected chi connectivity index (χ3v) is 6.54. The van der Waals surface area contributed by atoms with Gasteiger partial charge in [0.2, 0.25) is 0 Å². The first-order chi connectivity index (χ1) is 13.8. The molecular formula is C22H26ClN4O2+. The van der Waals surface area contributed by atoms with Crippen LogP contribution in [0.3, 0.4) is 0 Å². The maximum Gasteiger partial charge on any atom is 0.276 e. The molecule has 152 valence electrons. The van der Waals surface area contributed by atoms with Gasteiger partial charge in [-0.15, -0.1) is 0 Å². The number of nitrogens with two attached hydrogens (primary N) is 1. The zero-order chi connectivity index (χ0) is 21.2. The molecule has 1 heterocycles. The number of rotatable bonds is 5. The summed E-state index contributed by atoms with van der Waals surface area (Å²) in [5, 5.41) is 12.3. The predicted octanol–water partition coefficient (Wildman–Crippen LogP) is 2.32. The Morgan fingerprint density at radius 3 is 2.66 bits per heavy atom. The molecule has 1 fully saturated rings. The van der Waals surface area contributed by atoms with Crippen molar-refractivity contribution in [3.8, 4) is 6.07 Å². The van der Waals surface area contributed by atoms with Crippen LogP contribution in [0.15, 0.2) is 48.2 Å². The topological polar surface area (TPSA) is 96.0 Å². The molecule has 6 nitrogen and oxygen atoms in total. The van der Waals surface area contributed by atoms with Crippen molar-refractivity contribution in [2.24, 2.45) is 11.7 Å². The molecule has 0 spiro atoms. The number of hydrogen-bond acceptors (Lipinski definition) is 3. The molecule has 29 heavy (non-hydrogen) atoms. The van der Waals surface area contributed by atoms with Crippen molar-refractivity contribution in [2.45, 2.75) is 30.7 Å². The molecule has 1 aliphatic carbocycles. The smallest absolute Gasteiger partial charge is 0.276 e. The van der Waals surface area contributed by atoms with Gasteiger partial charge in [0.1, 0.15) is 11.8 Å². The number of quaternary nitrogens is 1. The average Bonchev–Trinajstić information content (AvgIpc) is 3.05. The molecule has 0 radical (unpaired) electrons. The number of likely N-dealkylation sites (tertiary alicyclic amines) is 1. The first-order valence-electron chi connectivity index (χ1n) is 9.71. The molecule has 2 amide bonds. The average molecular weight is 414 g/mol. The van der Waals surface area contributed by atoms with Gasteiger partial charge in [-0.25, -0.2) is 0 Å². The highest BCUT2D eigenvalue weighted by Crippen LogP contribution is 2.47. The van der Waals surface area contributed by atoms with Gasteiger partial charge in [0.25, 0.3) is 11.8 Å². The fraction of sp³-hybridized carbons (Fsp3) is 0.409. The van der Waals surface area contributed by atoms with Gasteiger partial charge in [-0.1, -0.05) is 54.9 Å². The number of benzene rings is 1. The highest BCUT2D eigenvalue weighted by Gasteiger charge is 2.59. The Morgan fingerprint density at radius 2 is 2.07 bits per heavy atom. The first kappa shape index (κ1) is 21.1. The summed E-state index contributed by atoms with van der Waals surface area (Å²) in [6.07, 6.45) is 4.63. The molecule has 1 aliphatic heterocycles. The van der Waals surface area contributed by atoms with E-state index in [1.54, 1.807) is 0 Å². The quantitative estimate of drug-likeness (QED) is 0.440. The Balaban J connectivity index is 2.23. The molecule has 1 aromatic rings. The third-order valence-electron chi connectivity index (χ3n) is 6.02. The van der Waals surface area contributed by atoms with E-state index in [0.29, 0.717) is 18.7 Å². The molecule has 3 unspecified atom stereocenters. The van der Waals surface area contributed by atoms with Gasteiger partial charge in [-0.05, 0) is 11.1 Å². The number of allylic oxidation sites excluding steroid dienone is 3. The molecule has 0 saturated carbocycles. The number of amides is 2. The minimum Gasteiger partial charge on any atom is -0.364 e. The van der Waals surface area contributed by atoms with Crippen molar-refractivity contribution in [3.63, 3.8) is 0 Å². The van der Waals surface area contributed by atoms with E-state index >= 15 is 0 Å². The minimum atomic E-state index is -1.39. The number of carbonyl (C=O) groups is 2. The van der Waals surface area contributed by atoms with Crippen LogP contribution in [0.25, 0.3) is 5.57 Å². The normalized spacial score (nSPS) is 31.4. The SMILES string of the molecule is CNC(=O)C1(Cl)CC=C(c2ccccc2)C=C1[N+]1(CC#N)CC(C)C[C@H]1C(N)=O. The third kappa shape index (κ3) is 3.57. The predicted molar refractivity (Wildman–Crippen MR) is 112 cm³/mol. The summed E-state index contributed by atoms with van der Waals surface area (Å²) in [5.74, 6) is -0.664. The van der Waals surface area contributed by atoms with E-state index in [2.05, 4.69) is 11.4 Å². The van der Waals surface area contributed by atoms with Gasteiger partial charge in [-0.2, -0.15) is 5.26 Å². The Hall–Kier alpha value is -2.62. The van der Waals surface area contributed by atoms with Crippen LogP contribution in [0, 0.1) is 17.2 Å². The molecule has 3 rings (SSSR count). The van der Waals surface area contributed by atoms with Gasteiger partial charge < -0.3 is 11.1 Å². The molecule has 2 aliphatic rings. The number of nitrogens with zero attached hydrogens (tertiary/aromatic N) is 2.